The third-order valence-corrected chi connectivity index (χ3v) is 4.44. The van der Waals surface area contributed by atoms with E-state index < -0.39 is 10.0 Å². The van der Waals surface area contributed by atoms with E-state index in [9.17, 15) is 13.2 Å². The van der Waals surface area contributed by atoms with Gasteiger partial charge in [0.25, 0.3) is 0 Å². The molecular weight excluding hydrogens is 278 g/mol. The SMILES string of the molecule is Cc1ccc(NC(=O)N2CCCCC2)cc1S(N)(=O)=O. The van der Waals surface area contributed by atoms with Gasteiger partial charge in [-0.3, -0.25) is 0 Å². The Labute approximate surface area is 119 Å². The number of benzene rings is 1. The number of carbonyl (C=O) groups excluding carboxylic acids is 1. The number of nitrogens with zero attached hydrogens (tertiary/aromatic N) is 1. The first kappa shape index (κ1) is 14.8. The fourth-order valence-electron chi connectivity index (χ4n) is 2.28. The third-order valence-electron chi connectivity index (χ3n) is 3.39. The predicted octanol–water partition coefficient (Wildman–Crippen LogP) is 1.66. The molecule has 110 valence electrons. The van der Waals surface area contributed by atoms with E-state index in [0.29, 0.717) is 11.3 Å². The van der Waals surface area contributed by atoms with Crippen LogP contribution in [0.1, 0.15) is 24.8 Å². The zero-order valence-corrected chi connectivity index (χ0v) is 12.2. The first-order chi connectivity index (χ1) is 9.38. The number of nitrogens with one attached hydrogen (secondary N) is 1. The third kappa shape index (κ3) is 3.49. The molecule has 3 N–H and O–H groups in total. The van der Waals surface area contributed by atoms with Crippen molar-refractivity contribution in [3.63, 3.8) is 0 Å². The molecule has 2 rings (SSSR count). The van der Waals surface area contributed by atoms with Crippen LogP contribution in [0.5, 0.6) is 0 Å². The number of rotatable bonds is 2. The van der Waals surface area contributed by atoms with Gasteiger partial charge in [-0.2, -0.15) is 0 Å². The van der Waals surface area contributed by atoms with Gasteiger partial charge in [-0.25, -0.2) is 18.4 Å². The van der Waals surface area contributed by atoms with E-state index in [1.165, 1.54) is 6.07 Å². The van der Waals surface area contributed by atoms with Gasteiger partial charge < -0.3 is 10.2 Å². The summed E-state index contributed by atoms with van der Waals surface area (Å²) in [6.07, 6.45) is 3.15. The Bertz CT molecular complexity index is 607. The van der Waals surface area contributed by atoms with Crippen LogP contribution in [0.2, 0.25) is 0 Å². The number of hydrogen-bond donors (Lipinski definition) is 2. The lowest BCUT2D eigenvalue weighted by molar-refractivity contribution is 0.200. The normalized spacial score (nSPS) is 16.0. The molecule has 0 spiro atoms. The minimum absolute atomic E-state index is 0.0361. The molecule has 1 aliphatic heterocycles. The predicted molar refractivity (Wildman–Crippen MR) is 77.0 cm³/mol. The fraction of sp³-hybridized carbons (Fsp3) is 0.462. The summed E-state index contributed by atoms with van der Waals surface area (Å²) in [5.41, 5.74) is 0.999. The van der Waals surface area contributed by atoms with Crippen LogP contribution in [0.15, 0.2) is 23.1 Å². The summed E-state index contributed by atoms with van der Waals surface area (Å²) in [4.78, 5) is 13.8. The van der Waals surface area contributed by atoms with Crippen LogP contribution in [0.4, 0.5) is 10.5 Å². The molecule has 0 saturated carbocycles. The first-order valence-electron chi connectivity index (χ1n) is 6.57. The van der Waals surface area contributed by atoms with E-state index in [0.717, 1.165) is 32.4 Å². The zero-order chi connectivity index (χ0) is 14.8. The van der Waals surface area contributed by atoms with Crippen molar-refractivity contribution in [2.75, 3.05) is 18.4 Å². The van der Waals surface area contributed by atoms with E-state index in [1.807, 2.05) is 0 Å². The fourth-order valence-corrected chi connectivity index (χ4v) is 3.09. The number of amides is 2. The highest BCUT2D eigenvalue weighted by Gasteiger charge is 2.18. The number of carbonyl (C=O) groups is 1. The van der Waals surface area contributed by atoms with Crippen LogP contribution in [0, 0.1) is 6.92 Å². The quantitative estimate of drug-likeness (QED) is 0.869. The minimum atomic E-state index is -3.78. The van der Waals surface area contributed by atoms with Gasteiger partial charge >= 0.3 is 6.03 Å². The van der Waals surface area contributed by atoms with E-state index >= 15 is 0 Å². The van der Waals surface area contributed by atoms with Gasteiger partial charge in [-0.1, -0.05) is 6.07 Å². The molecule has 20 heavy (non-hydrogen) atoms. The second-order valence-corrected chi connectivity index (χ2v) is 6.53. The number of anilines is 1. The maximum absolute atomic E-state index is 12.0. The number of sulfonamides is 1. The van der Waals surface area contributed by atoms with Crippen molar-refractivity contribution in [2.24, 2.45) is 5.14 Å². The number of nitrogens with two attached hydrogens (primary N) is 1. The monoisotopic (exact) mass is 297 g/mol. The van der Waals surface area contributed by atoms with Crippen molar-refractivity contribution in [3.8, 4) is 0 Å². The number of likely N-dealkylation sites (tertiary alicyclic amines) is 1. The van der Waals surface area contributed by atoms with Gasteiger partial charge in [0.15, 0.2) is 0 Å². The largest absolute Gasteiger partial charge is 0.325 e. The second kappa shape index (κ2) is 5.80. The number of primary sulfonamides is 1. The molecule has 0 atom stereocenters. The van der Waals surface area contributed by atoms with Gasteiger partial charge in [0.1, 0.15) is 0 Å². The summed E-state index contributed by atoms with van der Waals surface area (Å²) >= 11 is 0. The Morgan fingerprint density at radius 3 is 2.50 bits per heavy atom. The summed E-state index contributed by atoms with van der Waals surface area (Å²) in [5.74, 6) is 0. The molecule has 1 fully saturated rings. The maximum atomic E-state index is 12.0. The summed E-state index contributed by atoms with van der Waals surface area (Å²) in [7, 11) is -3.78. The summed E-state index contributed by atoms with van der Waals surface area (Å²) in [6.45, 7) is 3.13. The van der Waals surface area contributed by atoms with E-state index in [2.05, 4.69) is 5.32 Å². The average molecular weight is 297 g/mol. The topological polar surface area (TPSA) is 92.5 Å². The number of piperidine rings is 1. The molecule has 0 aromatic heterocycles. The molecular formula is C13H19N3O3S. The molecule has 6 nitrogen and oxygen atoms in total. The van der Waals surface area contributed by atoms with Crippen molar-refractivity contribution < 1.29 is 13.2 Å². The van der Waals surface area contributed by atoms with E-state index in [1.54, 1.807) is 24.0 Å². The van der Waals surface area contributed by atoms with Crippen molar-refractivity contribution in [3.05, 3.63) is 23.8 Å². The molecule has 1 aromatic carbocycles. The molecule has 7 heteroatoms. The molecule has 1 aromatic rings. The molecule has 0 aliphatic carbocycles. The minimum Gasteiger partial charge on any atom is -0.325 e. The highest BCUT2D eigenvalue weighted by atomic mass is 32.2. The van der Waals surface area contributed by atoms with Gasteiger partial charge in [0.2, 0.25) is 10.0 Å². The van der Waals surface area contributed by atoms with Crippen LogP contribution in [-0.2, 0) is 10.0 Å². The van der Waals surface area contributed by atoms with Crippen LogP contribution in [0.3, 0.4) is 0 Å². The van der Waals surface area contributed by atoms with Crippen molar-refractivity contribution in [2.45, 2.75) is 31.1 Å². The van der Waals surface area contributed by atoms with Gasteiger partial charge in [0.05, 0.1) is 4.90 Å². The summed E-state index contributed by atoms with van der Waals surface area (Å²) in [6, 6.07) is 4.50. The molecule has 1 saturated heterocycles. The molecule has 0 unspecified atom stereocenters. The smallest absolute Gasteiger partial charge is 0.321 e. The van der Waals surface area contributed by atoms with E-state index in [4.69, 9.17) is 5.14 Å². The number of aryl methyl sites for hydroxylation is 1. The lowest BCUT2D eigenvalue weighted by Crippen LogP contribution is -2.38. The number of urea groups is 1. The van der Waals surface area contributed by atoms with Crippen molar-refractivity contribution >= 4 is 21.7 Å². The zero-order valence-electron chi connectivity index (χ0n) is 11.4. The second-order valence-electron chi connectivity index (χ2n) is 5.00. The Hall–Kier alpha value is -1.60. The molecule has 2 amide bonds. The number of hydrogen-bond acceptors (Lipinski definition) is 3. The van der Waals surface area contributed by atoms with Crippen molar-refractivity contribution in [1.82, 2.24) is 4.90 Å². The van der Waals surface area contributed by atoms with Gasteiger partial charge in [-0.15, -0.1) is 0 Å². The highest BCUT2D eigenvalue weighted by molar-refractivity contribution is 7.89. The highest BCUT2D eigenvalue weighted by Crippen LogP contribution is 2.20. The average Bonchev–Trinajstić information content (AvgIpc) is 2.40. The molecule has 1 heterocycles. The first-order valence-corrected chi connectivity index (χ1v) is 8.12. The summed E-state index contributed by atoms with van der Waals surface area (Å²) in [5, 5.41) is 7.87. The lowest BCUT2D eigenvalue weighted by Gasteiger charge is -2.26. The Morgan fingerprint density at radius 2 is 1.90 bits per heavy atom. The van der Waals surface area contributed by atoms with Crippen LogP contribution < -0.4 is 10.5 Å². The molecule has 0 bridgehead atoms. The van der Waals surface area contributed by atoms with E-state index in [-0.39, 0.29) is 10.9 Å². The maximum Gasteiger partial charge on any atom is 0.321 e. The van der Waals surface area contributed by atoms with Crippen LogP contribution in [0.25, 0.3) is 0 Å². The Kier molecular flexibility index (Phi) is 4.29. The Morgan fingerprint density at radius 1 is 1.25 bits per heavy atom. The Balaban J connectivity index is 2.15. The van der Waals surface area contributed by atoms with Gasteiger partial charge in [-0.05, 0) is 43.9 Å². The molecule has 0 radical (unpaired) electrons. The van der Waals surface area contributed by atoms with Crippen molar-refractivity contribution in [1.29, 1.82) is 0 Å². The molecule has 1 aliphatic rings. The standard InChI is InChI=1S/C13H19N3O3S/c1-10-5-6-11(9-12(10)20(14,18)19)15-13(17)16-7-3-2-4-8-16/h5-6,9H,2-4,7-8H2,1H3,(H,15,17)(H2,14,18,19). The van der Waals surface area contributed by atoms with Gasteiger partial charge in [0, 0.05) is 18.8 Å². The lowest BCUT2D eigenvalue weighted by atomic mass is 10.1. The summed E-state index contributed by atoms with van der Waals surface area (Å²) < 4.78 is 22.9. The van der Waals surface area contributed by atoms with Crippen LogP contribution >= 0.6 is 0 Å². The van der Waals surface area contributed by atoms with Crippen LogP contribution in [-0.4, -0.2) is 32.4 Å².